The number of ether oxygens (including phenoxy) is 1. The van der Waals surface area contributed by atoms with Gasteiger partial charge in [0.25, 0.3) is 0 Å². The first-order chi connectivity index (χ1) is 13.2. The SMILES string of the molecule is COc1ccc2c(Cc3cccc(C#N)n3)c(-c3ccc(F)cc3)[nH]c2c1. The number of pyridine rings is 1. The molecule has 0 saturated carbocycles. The van der Waals surface area contributed by atoms with Crippen LogP contribution in [0.15, 0.2) is 60.7 Å². The molecule has 5 heteroatoms. The highest BCUT2D eigenvalue weighted by Crippen LogP contribution is 2.33. The third-order valence-electron chi connectivity index (χ3n) is 4.53. The number of benzene rings is 2. The van der Waals surface area contributed by atoms with Crippen molar-refractivity contribution in [3.63, 3.8) is 0 Å². The van der Waals surface area contributed by atoms with Crippen LogP contribution in [0.25, 0.3) is 22.2 Å². The summed E-state index contributed by atoms with van der Waals surface area (Å²) in [5, 5.41) is 10.1. The summed E-state index contributed by atoms with van der Waals surface area (Å²) >= 11 is 0. The molecule has 4 rings (SSSR count). The molecule has 0 aliphatic rings. The van der Waals surface area contributed by atoms with Crippen molar-refractivity contribution < 1.29 is 9.13 Å². The zero-order valence-electron chi connectivity index (χ0n) is 14.7. The summed E-state index contributed by atoms with van der Waals surface area (Å²) in [6.45, 7) is 0. The Hall–Kier alpha value is -3.65. The van der Waals surface area contributed by atoms with Crippen molar-refractivity contribution in [2.45, 2.75) is 6.42 Å². The van der Waals surface area contributed by atoms with Gasteiger partial charge >= 0.3 is 0 Å². The summed E-state index contributed by atoms with van der Waals surface area (Å²) in [6, 6.07) is 19.7. The zero-order valence-corrected chi connectivity index (χ0v) is 14.7. The number of nitrogens with one attached hydrogen (secondary N) is 1. The van der Waals surface area contributed by atoms with Crippen molar-refractivity contribution in [3.8, 4) is 23.1 Å². The van der Waals surface area contributed by atoms with E-state index >= 15 is 0 Å². The molecule has 2 aromatic heterocycles. The molecule has 0 spiro atoms. The van der Waals surface area contributed by atoms with Crippen molar-refractivity contribution in [2.75, 3.05) is 7.11 Å². The minimum absolute atomic E-state index is 0.276. The standard InChI is InChI=1S/C22H16FN3O/c1-27-18-9-10-19-20(11-16-3-2-4-17(13-24)25-16)22(26-21(19)12-18)14-5-7-15(23)8-6-14/h2-10,12,26H,11H2,1H3. The summed E-state index contributed by atoms with van der Waals surface area (Å²) in [6.07, 6.45) is 0.550. The number of nitriles is 1. The van der Waals surface area contributed by atoms with Crippen molar-refractivity contribution in [3.05, 3.63) is 83.4 Å². The third kappa shape index (κ3) is 3.25. The molecule has 2 aromatic carbocycles. The molecule has 0 unspecified atom stereocenters. The number of rotatable bonds is 4. The maximum Gasteiger partial charge on any atom is 0.140 e. The summed E-state index contributed by atoms with van der Waals surface area (Å²) in [5.74, 6) is 0.479. The van der Waals surface area contributed by atoms with Gasteiger partial charge < -0.3 is 9.72 Å². The number of fused-ring (bicyclic) bond motifs is 1. The van der Waals surface area contributed by atoms with E-state index in [0.29, 0.717) is 12.1 Å². The first-order valence-electron chi connectivity index (χ1n) is 8.48. The summed E-state index contributed by atoms with van der Waals surface area (Å²) < 4.78 is 18.7. The van der Waals surface area contributed by atoms with E-state index in [1.807, 2.05) is 30.3 Å². The van der Waals surface area contributed by atoms with Gasteiger partial charge in [0.05, 0.1) is 12.8 Å². The molecule has 2 heterocycles. The maximum atomic E-state index is 13.4. The number of hydrogen-bond acceptors (Lipinski definition) is 3. The van der Waals surface area contributed by atoms with Crippen LogP contribution in [0.2, 0.25) is 0 Å². The summed E-state index contributed by atoms with van der Waals surface area (Å²) in [4.78, 5) is 7.82. The third-order valence-corrected chi connectivity index (χ3v) is 4.53. The average Bonchev–Trinajstić information content (AvgIpc) is 3.06. The van der Waals surface area contributed by atoms with Gasteiger partial charge in [0.1, 0.15) is 23.3 Å². The van der Waals surface area contributed by atoms with E-state index in [0.717, 1.165) is 39.2 Å². The largest absolute Gasteiger partial charge is 0.497 e. The first kappa shape index (κ1) is 16.8. The number of aromatic amines is 1. The van der Waals surface area contributed by atoms with Crippen LogP contribution in [0.4, 0.5) is 4.39 Å². The van der Waals surface area contributed by atoms with Crippen molar-refractivity contribution in [1.29, 1.82) is 5.26 Å². The number of halogens is 1. The van der Waals surface area contributed by atoms with E-state index in [2.05, 4.69) is 16.0 Å². The van der Waals surface area contributed by atoms with Crippen molar-refractivity contribution in [2.24, 2.45) is 0 Å². The normalized spacial score (nSPS) is 10.7. The van der Waals surface area contributed by atoms with Crippen LogP contribution in [-0.4, -0.2) is 17.1 Å². The average molecular weight is 357 g/mol. The summed E-state index contributed by atoms with van der Waals surface area (Å²) in [7, 11) is 1.63. The van der Waals surface area contributed by atoms with E-state index in [1.165, 1.54) is 12.1 Å². The van der Waals surface area contributed by atoms with Crippen LogP contribution >= 0.6 is 0 Å². The van der Waals surface area contributed by atoms with Crippen LogP contribution in [0.1, 0.15) is 17.0 Å². The molecular formula is C22H16FN3O. The first-order valence-corrected chi connectivity index (χ1v) is 8.48. The Morgan fingerprint density at radius 2 is 1.93 bits per heavy atom. The summed E-state index contributed by atoms with van der Waals surface area (Å²) in [5.41, 5.74) is 4.95. The molecular weight excluding hydrogens is 341 g/mol. The Morgan fingerprint density at radius 1 is 1.11 bits per heavy atom. The Bertz CT molecular complexity index is 1160. The molecule has 0 aliphatic heterocycles. The van der Waals surface area contributed by atoms with Gasteiger partial charge in [-0.05, 0) is 59.7 Å². The molecule has 0 atom stereocenters. The quantitative estimate of drug-likeness (QED) is 0.568. The zero-order chi connectivity index (χ0) is 18.8. The lowest BCUT2D eigenvalue weighted by atomic mass is 10.0. The maximum absolute atomic E-state index is 13.4. The lowest BCUT2D eigenvalue weighted by Gasteiger charge is -2.06. The van der Waals surface area contributed by atoms with E-state index < -0.39 is 0 Å². The molecule has 0 saturated heterocycles. The van der Waals surface area contributed by atoms with Crippen LogP contribution in [-0.2, 0) is 6.42 Å². The van der Waals surface area contributed by atoms with Crippen LogP contribution < -0.4 is 4.74 Å². The predicted molar refractivity (Wildman–Crippen MR) is 102 cm³/mol. The number of H-pyrrole nitrogens is 1. The lowest BCUT2D eigenvalue weighted by Crippen LogP contribution is -1.95. The van der Waals surface area contributed by atoms with Crippen LogP contribution in [0.5, 0.6) is 5.75 Å². The Kier molecular flexibility index (Phi) is 4.31. The molecule has 27 heavy (non-hydrogen) atoms. The molecule has 4 aromatic rings. The van der Waals surface area contributed by atoms with Gasteiger partial charge in [-0.2, -0.15) is 5.26 Å². The number of hydrogen-bond donors (Lipinski definition) is 1. The van der Waals surface area contributed by atoms with Crippen molar-refractivity contribution >= 4 is 10.9 Å². The molecule has 0 amide bonds. The Balaban J connectivity index is 1.88. The molecule has 132 valence electrons. The van der Waals surface area contributed by atoms with Gasteiger partial charge in [-0.3, -0.25) is 0 Å². The second kappa shape index (κ2) is 6.93. The predicted octanol–water partition coefficient (Wildman–Crippen LogP) is 4.84. The fourth-order valence-corrected chi connectivity index (χ4v) is 3.23. The number of nitrogens with zero attached hydrogens (tertiary/aromatic N) is 2. The van der Waals surface area contributed by atoms with E-state index in [-0.39, 0.29) is 5.82 Å². The smallest absolute Gasteiger partial charge is 0.140 e. The van der Waals surface area contributed by atoms with Crippen LogP contribution in [0.3, 0.4) is 0 Å². The molecule has 1 N–H and O–H groups in total. The van der Waals surface area contributed by atoms with Gasteiger partial charge in [0.15, 0.2) is 0 Å². The van der Waals surface area contributed by atoms with Gasteiger partial charge in [0.2, 0.25) is 0 Å². The van der Waals surface area contributed by atoms with E-state index in [4.69, 9.17) is 10.00 Å². The highest BCUT2D eigenvalue weighted by molar-refractivity contribution is 5.92. The van der Waals surface area contributed by atoms with Gasteiger partial charge in [-0.15, -0.1) is 0 Å². The number of aromatic nitrogens is 2. The second-order valence-corrected chi connectivity index (χ2v) is 6.20. The van der Waals surface area contributed by atoms with E-state index in [9.17, 15) is 4.39 Å². The molecule has 0 aliphatic carbocycles. The fraction of sp³-hybridized carbons (Fsp3) is 0.0909. The second-order valence-electron chi connectivity index (χ2n) is 6.20. The minimum atomic E-state index is -0.276. The lowest BCUT2D eigenvalue weighted by molar-refractivity contribution is 0.415. The topological polar surface area (TPSA) is 61.7 Å². The number of methoxy groups -OCH3 is 1. The van der Waals surface area contributed by atoms with Crippen molar-refractivity contribution in [1.82, 2.24) is 9.97 Å². The molecule has 4 nitrogen and oxygen atoms in total. The molecule has 0 fully saturated rings. The van der Waals surface area contributed by atoms with Crippen LogP contribution in [0, 0.1) is 17.1 Å². The minimum Gasteiger partial charge on any atom is -0.497 e. The fourth-order valence-electron chi connectivity index (χ4n) is 3.23. The molecule has 0 bridgehead atoms. The highest BCUT2D eigenvalue weighted by atomic mass is 19.1. The van der Waals surface area contributed by atoms with Gasteiger partial charge in [0, 0.05) is 29.1 Å². The molecule has 0 radical (unpaired) electrons. The van der Waals surface area contributed by atoms with Gasteiger partial charge in [-0.25, -0.2) is 9.37 Å². The monoisotopic (exact) mass is 357 g/mol. The Labute approximate surface area is 155 Å². The highest BCUT2D eigenvalue weighted by Gasteiger charge is 2.15. The van der Waals surface area contributed by atoms with Gasteiger partial charge in [-0.1, -0.05) is 6.07 Å². The van der Waals surface area contributed by atoms with E-state index in [1.54, 1.807) is 25.3 Å². The Morgan fingerprint density at radius 3 is 2.67 bits per heavy atom.